The molecule has 2 saturated heterocycles. The van der Waals surface area contributed by atoms with Crippen molar-refractivity contribution < 1.29 is 28.6 Å². The molecule has 2 heterocycles. The molecule has 16 heavy (non-hydrogen) atoms. The molecule has 88 valence electrons. The van der Waals surface area contributed by atoms with Gasteiger partial charge in [0.15, 0.2) is 5.44 Å². The fourth-order valence-electron chi connectivity index (χ4n) is 1.24. The fourth-order valence-corrected chi connectivity index (χ4v) is 4.01. The van der Waals surface area contributed by atoms with Gasteiger partial charge in [-0.15, -0.1) is 0 Å². The molecule has 1 atom stereocenters. The van der Waals surface area contributed by atoms with Crippen molar-refractivity contribution in [3.05, 3.63) is 0 Å². The number of hydrogen-bond donors (Lipinski definition) is 0. The van der Waals surface area contributed by atoms with Crippen molar-refractivity contribution in [2.45, 2.75) is 23.2 Å². The predicted octanol–water partition coefficient (Wildman–Crippen LogP) is 0.457. The highest BCUT2D eigenvalue weighted by Crippen LogP contribution is 2.51. The van der Waals surface area contributed by atoms with E-state index in [4.69, 9.17) is 14.2 Å². The van der Waals surface area contributed by atoms with Gasteiger partial charge in [-0.05, 0) is 11.8 Å². The summed E-state index contributed by atoms with van der Waals surface area (Å²) in [5.41, 5.74) is -0.471. The summed E-state index contributed by atoms with van der Waals surface area (Å²) in [4.78, 5) is 33.0. The molecular formula is C8H8O6S2. The van der Waals surface area contributed by atoms with Gasteiger partial charge in [-0.3, -0.25) is 14.4 Å². The molecule has 8 heteroatoms. The zero-order chi connectivity index (χ0) is 11.8. The number of ether oxygens (including phenoxy) is 3. The van der Waals surface area contributed by atoms with E-state index in [-0.39, 0.29) is 6.42 Å². The molecule has 1 unspecified atom stereocenters. The highest BCUT2D eigenvalue weighted by molar-refractivity contribution is 8.21. The van der Waals surface area contributed by atoms with Crippen molar-refractivity contribution in [2.24, 2.45) is 0 Å². The van der Waals surface area contributed by atoms with Gasteiger partial charge in [0.05, 0.1) is 0 Å². The lowest BCUT2D eigenvalue weighted by Crippen LogP contribution is -2.38. The first-order chi connectivity index (χ1) is 7.49. The third-order valence-corrected chi connectivity index (χ3v) is 4.56. The van der Waals surface area contributed by atoms with Crippen LogP contribution in [0, 0.1) is 0 Å². The Morgan fingerprint density at radius 1 is 1.44 bits per heavy atom. The number of hydrogen-bond acceptors (Lipinski definition) is 8. The largest absolute Gasteiger partial charge is 0.450 e. The van der Waals surface area contributed by atoms with Crippen molar-refractivity contribution in [3.8, 4) is 0 Å². The minimum Gasteiger partial charge on any atom is -0.450 e. The minimum atomic E-state index is -1.37. The van der Waals surface area contributed by atoms with Crippen molar-refractivity contribution >= 4 is 41.4 Å². The molecule has 0 aromatic rings. The van der Waals surface area contributed by atoms with E-state index in [1.807, 2.05) is 0 Å². The van der Waals surface area contributed by atoms with E-state index in [2.05, 4.69) is 0 Å². The molecule has 1 spiro atoms. The van der Waals surface area contributed by atoms with Crippen LogP contribution >= 0.6 is 23.5 Å². The van der Waals surface area contributed by atoms with Crippen LogP contribution in [0.1, 0.15) is 13.3 Å². The van der Waals surface area contributed by atoms with Crippen molar-refractivity contribution in [2.75, 3.05) is 5.75 Å². The number of carbonyl (C=O) groups is 3. The van der Waals surface area contributed by atoms with Gasteiger partial charge in [0, 0.05) is 12.7 Å². The zero-order valence-corrected chi connectivity index (χ0v) is 9.89. The predicted molar refractivity (Wildman–Crippen MR) is 55.1 cm³/mol. The molecule has 0 saturated carbocycles. The van der Waals surface area contributed by atoms with Gasteiger partial charge in [-0.1, -0.05) is 11.8 Å². The summed E-state index contributed by atoms with van der Waals surface area (Å²) in [5, 5.41) is 0. The van der Waals surface area contributed by atoms with Crippen LogP contribution in [0.15, 0.2) is 0 Å². The number of esters is 3. The van der Waals surface area contributed by atoms with E-state index in [0.717, 1.165) is 23.5 Å². The van der Waals surface area contributed by atoms with Crippen LogP contribution in [-0.4, -0.2) is 33.5 Å². The molecule has 6 nitrogen and oxygen atoms in total. The fraction of sp³-hybridized carbons (Fsp3) is 0.625. The van der Waals surface area contributed by atoms with Crippen LogP contribution < -0.4 is 0 Å². The summed E-state index contributed by atoms with van der Waals surface area (Å²) in [6, 6.07) is 0. The number of thioether (sulfide) groups is 2. The molecule has 0 N–H and O–H groups in total. The van der Waals surface area contributed by atoms with Crippen LogP contribution in [0.3, 0.4) is 0 Å². The van der Waals surface area contributed by atoms with Gasteiger partial charge in [0.25, 0.3) is 0 Å². The summed E-state index contributed by atoms with van der Waals surface area (Å²) in [6.07, 6.45) is -0.374. The Hall–Kier alpha value is -0.890. The van der Waals surface area contributed by atoms with Gasteiger partial charge in [0.1, 0.15) is 6.42 Å². The van der Waals surface area contributed by atoms with Crippen LogP contribution in [-0.2, 0) is 28.6 Å². The summed E-state index contributed by atoms with van der Waals surface area (Å²) in [5.74, 6) is -1.27. The lowest BCUT2D eigenvalue weighted by atomic mass is 10.4. The highest BCUT2D eigenvalue weighted by Gasteiger charge is 2.52. The van der Waals surface area contributed by atoms with E-state index in [9.17, 15) is 14.4 Å². The van der Waals surface area contributed by atoms with E-state index in [1.54, 1.807) is 0 Å². The smallest absolute Gasteiger partial charge is 0.362 e. The Labute approximate surface area is 99.4 Å². The molecule has 0 amide bonds. The summed E-state index contributed by atoms with van der Waals surface area (Å²) < 4.78 is 13.5. The first kappa shape index (κ1) is 11.6. The van der Waals surface area contributed by atoms with Crippen LogP contribution in [0.25, 0.3) is 0 Å². The van der Waals surface area contributed by atoms with Crippen LogP contribution in [0.5, 0.6) is 0 Å². The van der Waals surface area contributed by atoms with E-state index < -0.39 is 27.8 Å². The quantitative estimate of drug-likeness (QED) is 0.499. The Morgan fingerprint density at radius 2 is 2.06 bits per heavy atom. The molecule has 2 aliphatic rings. The Bertz CT molecular complexity index is 338. The molecule has 0 aromatic carbocycles. The molecule has 0 aliphatic carbocycles. The summed E-state index contributed by atoms with van der Waals surface area (Å²) >= 11 is 2.13. The van der Waals surface area contributed by atoms with Gasteiger partial charge >= 0.3 is 22.4 Å². The second kappa shape index (κ2) is 4.17. The van der Waals surface area contributed by atoms with E-state index in [0.29, 0.717) is 5.75 Å². The second-order valence-corrected chi connectivity index (χ2v) is 5.81. The van der Waals surface area contributed by atoms with Gasteiger partial charge in [-0.2, -0.15) is 0 Å². The van der Waals surface area contributed by atoms with Crippen molar-refractivity contribution in [1.82, 2.24) is 0 Å². The lowest BCUT2D eigenvalue weighted by Gasteiger charge is -2.29. The summed E-state index contributed by atoms with van der Waals surface area (Å²) in [7, 11) is 0. The maximum Gasteiger partial charge on any atom is 0.362 e. The third-order valence-electron chi connectivity index (χ3n) is 1.74. The molecule has 2 fully saturated rings. The Kier molecular flexibility index (Phi) is 3.02. The Morgan fingerprint density at radius 3 is 2.62 bits per heavy atom. The molecule has 0 radical (unpaired) electrons. The standard InChI is InChI=1S/C8H8O6S2/c1-4(9)12-7-3-15-8(16-7)13-5(10)2-6(11)14-8/h7H,2-3H2,1H3. The number of rotatable bonds is 1. The normalized spacial score (nSPS) is 27.4. The third kappa shape index (κ3) is 2.43. The van der Waals surface area contributed by atoms with E-state index in [1.165, 1.54) is 6.92 Å². The molecule has 2 aliphatic heterocycles. The van der Waals surface area contributed by atoms with Crippen molar-refractivity contribution in [3.63, 3.8) is 0 Å². The average molecular weight is 264 g/mol. The molecule has 0 aromatic heterocycles. The molecule has 0 bridgehead atoms. The van der Waals surface area contributed by atoms with Crippen molar-refractivity contribution in [1.29, 1.82) is 0 Å². The van der Waals surface area contributed by atoms with Crippen LogP contribution in [0.4, 0.5) is 0 Å². The second-order valence-electron chi connectivity index (χ2n) is 3.09. The van der Waals surface area contributed by atoms with Gasteiger partial charge in [0.2, 0.25) is 0 Å². The average Bonchev–Trinajstić information content (AvgIpc) is 2.44. The zero-order valence-electron chi connectivity index (χ0n) is 8.26. The van der Waals surface area contributed by atoms with Crippen LogP contribution in [0.2, 0.25) is 0 Å². The first-order valence-corrected chi connectivity index (χ1v) is 6.28. The number of carbonyl (C=O) groups excluding carboxylic acids is 3. The Balaban J connectivity index is 2.02. The maximum atomic E-state index is 11.1. The molecular weight excluding hydrogens is 256 g/mol. The monoisotopic (exact) mass is 264 g/mol. The molecule has 2 rings (SSSR count). The SMILES string of the molecule is CC(=O)OC1CSC2(OC(=O)CC(=O)O2)S1. The summed E-state index contributed by atoms with van der Waals surface area (Å²) in [6.45, 7) is 1.29. The maximum absolute atomic E-state index is 11.1. The topological polar surface area (TPSA) is 78.9 Å². The van der Waals surface area contributed by atoms with E-state index >= 15 is 0 Å². The first-order valence-electron chi connectivity index (χ1n) is 4.42. The van der Waals surface area contributed by atoms with Gasteiger partial charge < -0.3 is 14.2 Å². The van der Waals surface area contributed by atoms with Gasteiger partial charge in [-0.25, -0.2) is 0 Å². The highest BCUT2D eigenvalue weighted by atomic mass is 32.2. The minimum absolute atomic E-state index is 0.374. The lowest BCUT2D eigenvalue weighted by molar-refractivity contribution is -0.193.